The number of fused-ring (bicyclic) bond motifs is 3. The Hall–Kier alpha value is -3.76. The highest BCUT2D eigenvalue weighted by molar-refractivity contribution is 6.28. The lowest BCUT2D eigenvalue weighted by Gasteiger charge is -2.16. The van der Waals surface area contributed by atoms with Crippen LogP contribution < -0.4 is 0 Å². The van der Waals surface area contributed by atoms with Crippen LogP contribution in [0.25, 0.3) is 38.9 Å². The second kappa shape index (κ2) is 7.74. The number of nitrogens with zero attached hydrogens (tertiary/aromatic N) is 3. The number of allylic oxidation sites excluding steroid dienone is 4. The SMILES string of the molecule is Clc1nc(-c2cccc3oc4ccccc4c23)nc(C2C=CC(c3ccccc3)=CC2)n1. The molecule has 0 saturated carbocycles. The molecule has 2 heterocycles. The summed E-state index contributed by atoms with van der Waals surface area (Å²) in [5, 5.41) is 2.21. The molecular formula is C27H18ClN3O. The van der Waals surface area contributed by atoms with Gasteiger partial charge in [0.2, 0.25) is 5.28 Å². The number of para-hydroxylation sites is 1. The van der Waals surface area contributed by atoms with Crippen molar-refractivity contribution in [1.29, 1.82) is 0 Å². The molecule has 0 amide bonds. The van der Waals surface area contributed by atoms with Crippen LogP contribution in [0, 0.1) is 0 Å². The van der Waals surface area contributed by atoms with Crippen LogP contribution in [-0.2, 0) is 0 Å². The van der Waals surface area contributed by atoms with Crippen molar-refractivity contribution in [3.05, 3.63) is 108 Å². The summed E-state index contributed by atoms with van der Waals surface area (Å²) in [6.45, 7) is 0. The van der Waals surface area contributed by atoms with E-state index in [9.17, 15) is 0 Å². The van der Waals surface area contributed by atoms with Crippen molar-refractivity contribution >= 4 is 39.1 Å². The minimum Gasteiger partial charge on any atom is -0.456 e. The largest absolute Gasteiger partial charge is 0.456 e. The van der Waals surface area contributed by atoms with E-state index in [1.807, 2.05) is 60.7 Å². The van der Waals surface area contributed by atoms with E-state index in [-0.39, 0.29) is 11.2 Å². The van der Waals surface area contributed by atoms with Gasteiger partial charge >= 0.3 is 0 Å². The zero-order chi connectivity index (χ0) is 21.5. The minimum absolute atomic E-state index is 0.0435. The predicted molar refractivity (Wildman–Crippen MR) is 128 cm³/mol. The fourth-order valence-electron chi connectivity index (χ4n) is 4.27. The van der Waals surface area contributed by atoms with Crippen molar-refractivity contribution in [1.82, 2.24) is 15.0 Å². The maximum Gasteiger partial charge on any atom is 0.226 e. The second-order valence-corrected chi connectivity index (χ2v) is 8.13. The number of rotatable bonds is 3. The minimum atomic E-state index is 0.0435. The highest BCUT2D eigenvalue weighted by Gasteiger charge is 2.20. The zero-order valence-electron chi connectivity index (χ0n) is 17.1. The molecule has 0 N–H and O–H groups in total. The summed E-state index contributed by atoms with van der Waals surface area (Å²) in [6, 6.07) is 24.3. The third-order valence-electron chi connectivity index (χ3n) is 5.81. The number of hydrogen-bond donors (Lipinski definition) is 0. The summed E-state index contributed by atoms with van der Waals surface area (Å²) < 4.78 is 6.02. The van der Waals surface area contributed by atoms with Crippen LogP contribution in [-0.4, -0.2) is 15.0 Å². The van der Waals surface area contributed by atoms with Crippen molar-refractivity contribution in [2.75, 3.05) is 0 Å². The number of hydrogen-bond acceptors (Lipinski definition) is 4. The van der Waals surface area contributed by atoms with Gasteiger partial charge in [-0.1, -0.05) is 78.9 Å². The predicted octanol–water partition coefficient (Wildman–Crippen LogP) is 7.22. The van der Waals surface area contributed by atoms with Gasteiger partial charge in [0.15, 0.2) is 5.82 Å². The van der Waals surface area contributed by atoms with Gasteiger partial charge < -0.3 is 4.42 Å². The van der Waals surface area contributed by atoms with Crippen LogP contribution in [0.3, 0.4) is 0 Å². The van der Waals surface area contributed by atoms with Crippen molar-refractivity contribution in [3.63, 3.8) is 0 Å². The molecule has 1 aliphatic carbocycles. The van der Waals surface area contributed by atoms with Crippen molar-refractivity contribution in [2.24, 2.45) is 0 Å². The molecule has 0 saturated heterocycles. The van der Waals surface area contributed by atoms with E-state index in [2.05, 4.69) is 40.3 Å². The van der Waals surface area contributed by atoms with Crippen LogP contribution in [0.15, 0.2) is 95.4 Å². The normalized spacial score (nSPS) is 15.9. The Balaban J connectivity index is 1.41. The zero-order valence-corrected chi connectivity index (χ0v) is 17.8. The Bertz CT molecular complexity index is 1520. The fraction of sp³-hybridized carbons (Fsp3) is 0.0741. The summed E-state index contributed by atoms with van der Waals surface area (Å²) in [6.07, 6.45) is 7.30. The van der Waals surface area contributed by atoms with Gasteiger partial charge in [0, 0.05) is 22.3 Å². The maximum absolute atomic E-state index is 6.36. The summed E-state index contributed by atoms with van der Waals surface area (Å²) in [4.78, 5) is 13.7. The van der Waals surface area contributed by atoms with Gasteiger partial charge in [-0.2, -0.15) is 4.98 Å². The number of benzene rings is 3. The molecule has 1 unspecified atom stereocenters. The van der Waals surface area contributed by atoms with E-state index in [0.29, 0.717) is 11.6 Å². The lowest BCUT2D eigenvalue weighted by molar-refractivity contribution is 0.669. The van der Waals surface area contributed by atoms with Crippen molar-refractivity contribution < 1.29 is 4.42 Å². The molecule has 4 nitrogen and oxygen atoms in total. The molecule has 1 aliphatic rings. The van der Waals surface area contributed by atoms with Gasteiger partial charge in [-0.25, -0.2) is 9.97 Å². The summed E-state index contributed by atoms with van der Waals surface area (Å²) in [7, 11) is 0. The highest BCUT2D eigenvalue weighted by Crippen LogP contribution is 2.36. The first-order valence-electron chi connectivity index (χ1n) is 10.5. The number of furan rings is 1. The van der Waals surface area contributed by atoms with Gasteiger partial charge in [0.05, 0.1) is 0 Å². The first kappa shape index (κ1) is 19.0. The average Bonchev–Trinajstić information content (AvgIpc) is 3.23. The van der Waals surface area contributed by atoms with E-state index < -0.39 is 0 Å². The Morgan fingerprint density at radius 1 is 0.812 bits per heavy atom. The number of aromatic nitrogens is 3. The Morgan fingerprint density at radius 3 is 2.47 bits per heavy atom. The Labute approximate surface area is 189 Å². The lowest BCUT2D eigenvalue weighted by Crippen LogP contribution is -2.07. The molecule has 5 heteroatoms. The maximum atomic E-state index is 6.36. The lowest BCUT2D eigenvalue weighted by atomic mass is 9.92. The Kier molecular flexibility index (Phi) is 4.58. The first-order chi connectivity index (χ1) is 15.8. The van der Waals surface area contributed by atoms with E-state index in [1.54, 1.807) is 0 Å². The van der Waals surface area contributed by atoms with E-state index in [1.165, 1.54) is 11.1 Å². The molecule has 2 aromatic heterocycles. The summed E-state index contributed by atoms with van der Waals surface area (Å²) in [5.74, 6) is 1.27. The molecule has 1 atom stereocenters. The quantitative estimate of drug-likeness (QED) is 0.300. The highest BCUT2D eigenvalue weighted by atomic mass is 35.5. The van der Waals surface area contributed by atoms with E-state index in [4.69, 9.17) is 21.0 Å². The molecular weight excluding hydrogens is 418 g/mol. The molecule has 32 heavy (non-hydrogen) atoms. The molecule has 3 aromatic carbocycles. The molecule has 6 rings (SSSR count). The summed E-state index contributed by atoms with van der Waals surface area (Å²) in [5.41, 5.74) is 4.93. The monoisotopic (exact) mass is 435 g/mol. The topological polar surface area (TPSA) is 51.8 Å². The smallest absolute Gasteiger partial charge is 0.226 e. The van der Waals surface area contributed by atoms with Gasteiger partial charge in [-0.3, -0.25) is 0 Å². The molecule has 0 spiro atoms. The molecule has 0 radical (unpaired) electrons. The first-order valence-corrected chi connectivity index (χ1v) is 10.9. The summed E-state index contributed by atoms with van der Waals surface area (Å²) >= 11 is 6.36. The molecule has 5 aromatic rings. The van der Waals surface area contributed by atoms with Crippen molar-refractivity contribution in [2.45, 2.75) is 12.3 Å². The van der Waals surface area contributed by atoms with Crippen LogP contribution in [0.4, 0.5) is 0 Å². The van der Waals surface area contributed by atoms with Crippen LogP contribution in [0.2, 0.25) is 5.28 Å². The molecule has 154 valence electrons. The van der Waals surface area contributed by atoms with E-state index in [0.717, 1.165) is 33.9 Å². The standard InChI is InChI=1S/C27H18ClN3O/c28-27-30-25(19-15-13-18(14-16-19)17-7-2-1-3-8-17)29-26(31-27)21-10-6-12-23-24(21)20-9-4-5-11-22(20)32-23/h1-15,19H,16H2. The van der Waals surface area contributed by atoms with Crippen LogP contribution in [0.5, 0.6) is 0 Å². The third-order valence-corrected chi connectivity index (χ3v) is 5.98. The van der Waals surface area contributed by atoms with Gasteiger partial charge in [0.25, 0.3) is 0 Å². The van der Waals surface area contributed by atoms with Crippen LogP contribution >= 0.6 is 11.6 Å². The third kappa shape index (κ3) is 3.29. The van der Waals surface area contributed by atoms with Gasteiger partial charge in [-0.15, -0.1) is 0 Å². The van der Waals surface area contributed by atoms with Crippen LogP contribution in [0.1, 0.15) is 23.7 Å². The molecule has 0 aliphatic heterocycles. The van der Waals surface area contributed by atoms with Gasteiger partial charge in [0.1, 0.15) is 17.0 Å². The van der Waals surface area contributed by atoms with Crippen molar-refractivity contribution in [3.8, 4) is 11.4 Å². The Morgan fingerprint density at radius 2 is 1.62 bits per heavy atom. The molecule has 0 bridgehead atoms. The average molecular weight is 436 g/mol. The van der Waals surface area contributed by atoms with Gasteiger partial charge in [-0.05, 0) is 41.3 Å². The molecule has 0 fully saturated rings. The fourth-order valence-corrected chi connectivity index (χ4v) is 4.44. The number of halogens is 1. The second-order valence-electron chi connectivity index (χ2n) is 7.79. The van der Waals surface area contributed by atoms with E-state index >= 15 is 0 Å².